The van der Waals surface area contributed by atoms with Crippen LogP contribution in [0.1, 0.15) is 42.8 Å². The summed E-state index contributed by atoms with van der Waals surface area (Å²) in [6.45, 7) is 3.52. The molecule has 0 aromatic carbocycles. The van der Waals surface area contributed by atoms with Crippen molar-refractivity contribution in [2.24, 2.45) is 5.14 Å². The van der Waals surface area contributed by atoms with Crippen LogP contribution >= 0.6 is 11.3 Å². The molecule has 0 aliphatic carbocycles. The van der Waals surface area contributed by atoms with Gasteiger partial charge in [0.2, 0.25) is 10.0 Å². The number of likely N-dealkylation sites (tertiary alicyclic amines) is 1. The van der Waals surface area contributed by atoms with E-state index < -0.39 is 22.6 Å². The molecule has 2 rings (SSSR count). The molecule has 2 heterocycles. The van der Waals surface area contributed by atoms with E-state index >= 15 is 0 Å². The Morgan fingerprint density at radius 3 is 2.52 bits per heavy atom. The van der Waals surface area contributed by atoms with E-state index in [9.17, 15) is 18.0 Å². The Bertz CT molecular complexity index is 688. The summed E-state index contributed by atoms with van der Waals surface area (Å²) in [6, 6.07) is 1.45. The van der Waals surface area contributed by atoms with Crippen LogP contribution in [0.25, 0.3) is 0 Å². The van der Waals surface area contributed by atoms with Gasteiger partial charge in [-0.25, -0.2) is 18.4 Å². The van der Waals surface area contributed by atoms with Crippen molar-refractivity contribution in [3.63, 3.8) is 0 Å². The van der Waals surface area contributed by atoms with Gasteiger partial charge in [0.15, 0.2) is 6.61 Å². The van der Waals surface area contributed by atoms with Crippen LogP contribution in [0.4, 0.5) is 0 Å². The highest BCUT2D eigenvalue weighted by atomic mass is 32.2. The molecule has 23 heavy (non-hydrogen) atoms. The molecule has 1 saturated heterocycles. The number of carbonyl (C=O) groups excluding carboxylic acids is 2. The van der Waals surface area contributed by atoms with Crippen molar-refractivity contribution in [3.8, 4) is 0 Å². The van der Waals surface area contributed by atoms with Crippen LogP contribution in [0.5, 0.6) is 0 Å². The third-order valence-corrected chi connectivity index (χ3v) is 5.91. The van der Waals surface area contributed by atoms with Gasteiger partial charge in [0.1, 0.15) is 9.77 Å². The molecular weight excluding hydrogens is 340 g/mol. The number of ether oxygens (including phenoxy) is 1. The SMILES string of the molecule is CC1CCCC(C)N1C(=O)COC(=O)c1sccc1S(N)(=O)=O. The van der Waals surface area contributed by atoms with Gasteiger partial charge in [-0.15, -0.1) is 11.3 Å². The number of esters is 1. The lowest BCUT2D eigenvalue weighted by Crippen LogP contribution is -2.49. The summed E-state index contributed by atoms with van der Waals surface area (Å²) in [7, 11) is -4.00. The summed E-state index contributed by atoms with van der Waals surface area (Å²) in [6.07, 6.45) is 2.91. The van der Waals surface area contributed by atoms with E-state index in [4.69, 9.17) is 9.88 Å². The minimum absolute atomic E-state index is 0.103. The lowest BCUT2D eigenvalue weighted by Gasteiger charge is -2.38. The molecule has 2 atom stereocenters. The number of nitrogens with zero attached hydrogens (tertiary/aromatic N) is 1. The molecule has 1 aromatic rings. The first-order valence-electron chi connectivity index (χ1n) is 7.30. The highest BCUT2D eigenvalue weighted by Crippen LogP contribution is 2.24. The molecular formula is C14H20N2O5S2. The molecule has 1 amide bonds. The summed E-state index contributed by atoms with van der Waals surface area (Å²) < 4.78 is 27.8. The molecule has 9 heteroatoms. The zero-order valence-electron chi connectivity index (χ0n) is 13.0. The van der Waals surface area contributed by atoms with Crippen molar-refractivity contribution in [1.29, 1.82) is 0 Å². The molecule has 0 spiro atoms. The first kappa shape index (κ1) is 17.9. The van der Waals surface area contributed by atoms with Gasteiger partial charge in [-0.1, -0.05) is 0 Å². The molecule has 0 radical (unpaired) electrons. The Labute approximate surface area is 139 Å². The van der Waals surface area contributed by atoms with Crippen LogP contribution in [0, 0.1) is 0 Å². The normalized spacial score (nSPS) is 22.0. The number of hydrogen-bond acceptors (Lipinski definition) is 6. The maximum Gasteiger partial charge on any atom is 0.350 e. The Hall–Kier alpha value is -1.45. The van der Waals surface area contributed by atoms with E-state index in [0.29, 0.717) is 0 Å². The Balaban J connectivity index is 2.02. The fraction of sp³-hybridized carbons (Fsp3) is 0.571. The monoisotopic (exact) mass is 360 g/mol. The van der Waals surface area contributed by atoms with Crippen molar-refractivity contribution < 1.29 is 22.7 Å². The molecule has 1 fully saturated rings. The number of primary sulfonamides is 1. The summed E-state index contributed by atoms with van der Waals surface area (Å²) in [5.74, 6) is -1.12. The highest BCUT2D eigenvalue weighted by Gasteiger charge is 2.30. The molecule has 2 N–H and O–H groups in total. The Morgan fingerprint density at radius 1 is 1.35 bits per heavy atom. The van der Waals surface area contributed by atoms with E-state index in [2.05, 4.69) is 0 Å². The molecule has 2 unspecified atom stereocenters. The fourth-order valence-corrected chi connectivity index (χ4v) is 4.71. The summed E-state index contributed by atoms with van der Waals surface area (Å²) >= 11 is 0.914. The maximum atomic E-state index is 12.3. The molecule has 7 nitrogen and oxygen atoms in total. The quantitative estimate of drug-likeness (QED) is 0.816. The van der Waals surface area contributed by atoms with Gasteiger partial charge >= 0.3 is 5.97 Å². The molecule has 1 aromatic heterocycles. The van der Waals surface area contributed by atoms with Gasteiger partial charge in [-0.2, -0.15) is 0 Å². The van der Waals surface area contributed by atoms with Gasteiger partial charge in [-0.3, -0.25) is 4.79 Å². The largest absolute Gasteiger partial charge is 0.451 e. The minimum atomic E-state index is -4.00. The lowest BCUT2D eigenvalue weighted by atomic mass is 9.97. The van der Waals surface area contributed by atoms with Crippen LogP contribution in [-0.4, -0.2) is 43.9 Å². The minimum Gasteiger partial charge on any atom is -0.451 e. The number of hydrogen-bond donors (Lipinski definition) is 1. The number of rotatable bonds is 4. The summed E-state index contributed by atoms with van der Waals surface area (Å²) in [4.78, 5) is 25.6. The van der Waals surface area contributed by atoms with Crippen LogP contribution < -0.4 is 5.14 Å². The van der Waals surface area contributed by atoms with Gasteiger partial charge < -0.3 is 9.64 Å². The second kappa shape index (κ2) is 6.98. The average Bonchev–Trinajstić information content (AvgIpc) is 2.94. The van der Waals surface area contributed by atoms with E-state index in [1.165, 1.54) is 11.4 Å². The molecule has 128 valence electrons. The van der Waals surface area contributed by atoms with E-state index in [0.717, 1.165) is 30.6 Å². The zero-order chi connectivity index (χ0) is 17.2. The van der Waals surface area contributed by atoms with Crippen molar-refractivity contribution in [3.05, 3.63) is 16.3 Å². The third-order valence-electron chi connectivity index (χ3n) is 3.93. The summed E-state index contributed by atoms with van der Waals surface area (Å²) in [5, 5.41) is 6.48. The maximum absolute atomic E-state index is 12.3. The van der Waals surface area contributed by atoms with E-state index in [-0.39, 0.29) is 27.8 Å². The van der Waals surface area contributed by atoms with Crippen LogP contribution in [0.15, 0.2) is 16.3 Å². The Kier molecular flexibility index (Phi) is 5.43. The molecule has 0 bridgehead atoms. The Morgan fingerprint density at radius 2 is 1.96 bits per heavy atom. The first-order valence-corrected chi connectivity index (χ1v) is 9.73. The van der Waals surface area contributed by atoms with E-state index in [1.807, 2.05) is 13.8 Å². The lowest BCUT2D eigenvalue weighted by molar-refractivity contribution is -0.140. The smallest absolute Gasteiger partial charge is 0.350 e. The van der Waals surface area contributed by atoms with Gasteiger partial charge in [-0.05, 0) is 44.6 Å². The van der Waals surface area contributed by atoms with Crippen molar-refractivity contribution in [2.75, 3.05) is 6.61 Å². The summed E-state index contributed by atoms with van der Waals surface area (Å²) in [5.41, 5.74) is 0. The average molecular weight is 360 g/mol. The number of carbonyl (C=O) groups is 2. The zero-order valence-corrected chi connectivity index (χ0v) is 14.7. The van der Waals surface area contributed by atoms with Crippen molar-refractivity contribution in [2.45, 2.75) is 50.1 Å². The van der Waals surface area contributed by atoms with Crippen LogP contribution in [-0.2, 0) is 19.6 Å². The second-order valence-electron chi connectivity index (χ2n) is 5.67. The number of thiophene rings is 1. The highest BCUT2D eigenvalue weighted by molar-refractivity contribution is 7.89. The molecule has 1 aliphatic heterocycles. The molecule has 0 saturated carbocycles. The second-order valence-corrected chi connectivity index (χ2v) is 8.11. The number of nitrogens with two attached hydrogens (primary N) is 1. The topological polar surface area (TPSA) is 107 Å². The van der Waals surface area contributed by atoms with Crippen LogP contribution in [0.2, 0.25) is 0 Å². The van der Waals surface area contributed by atoms with Gasteiger partial charge in [0, 0.05) is 12.1 Å². The van der Waals surface area contributed by atoms with Gasteiger partial charge in [0.25, 0.3) is 5.91 Å². The van der Waals surface area contributed by atoms with E-state index in [1.54, 1.807) is 4.90 Å². The number of sulfonamides is 1. The first-order chi connectivity index (χ1) is 10.7. The van der Waals surface area contributed by atoms with Crippen molar-refractivity contribution >= 4 is 33.2 Å². The predicted octanol–water partition coefficient (Wildman–Crippen LogP) is 1.34. The third kappa shape index (κ3) is 4.10. The van der Waals surface area contributed by atoms with Gasteiger partial charge in [0.05, 0.1) is 0 Å². The van der Waals surface area contributed by atoms with Crippen molar-refractivity contribution in [1.82, 2.24) is 4.90 Å². The van der Waals surface area contributed by atoms with Crippen LogP contribution in [0.3, 0.4) is 0 Å². The fourth-order valence-electron chi connectivity index (χ4n) is 2.85. The number of piperidine rings is 1. The molecule has 1 aliphatic rings. The predicted molar refractivity (Wildman–Crippen MR) is 85.6 cm³/mol. The number of amides is 1. The standard InChI is InChI=1S/C14H20N2O5S2/c1-9-4-3-5-10(2)16(9)12(17)8-21-14(18)13-11(6-7-22-13)23(15,19)20/h6-7,9-10H,3-5,8H2,1-2H3,(H2,15,19,20).